The van der Waals surface area contributed by atoms with Crippen molar-refractivity contribution in [1.82, 2.24) is 10.2 Å². The minimum atomic E-state index is -0.167. The van der Waals surface area contributed by atoms with Crippen molar-refractivity contribution in [2.75, 3.05) is 26.2 Å². The first-order valence-corrected chi connectivity index (χ1v) is 5.92. The fourth-order valence-electron chi connectivity index (χ4n) is 2.29. The summed E-state index contributed by atoms with van der Waals surface area (Å²) in [5.41, 5.74) is 0. The van der Waals surface area contributed by atoms with E-state index in [1.165, 1.54) is 0 Å². The van der Waals surface area contributed by atoms with Crippen molar-refractivity contribution < 1.29 is 9.53 Å². The first kappa shape index (κ1) is 13.7. The fraction of sp³-hybridized carbons (Fsp3) is 0.909. The zero-order chi connectivity index (χ0) is 10.7. The highest BCUT2D eigenvalue weighted by Crippen LogP contribution is 2.16. The first-order valence-electron chi connectivity index (χ1n) is 5.92. The number of amides is 1. The summed E-state index contributed by atoms with van der Waals surface area (Å²) >= 11 is 0. The van der Waals surface area contributed by atoms with Crippen LogP contribution >= 0.6 is 12.4 Å². The van der Waals surface area contributed by atoms with E-state index in [-0.39, 0.29) is 24.4 Å². The van der Waals surface area contributed by atoms with Gasteiger partial charge < -0.3 is 15.0 Å². The van der Waals surface area contributed by atoms with E-state index in [9.17, 15) is 4.79 Å². The maximum absolute atomic E-state index is 12.1. The number of nitrogens with zero attached hydrogens (tertiary/aromatic N) is 1. The third-order valence-electron chi connectivity index (χ3n) is 3.24. The van der Waals surface area contributed by atoms with Crippen molar-refractivity contribution in [3.05, 3.63) is 0 Å². The van der Waals surface area contributed by atoms with Crippen molar-refractivity contribution in [1.29, 1.82) is 0 Å². The molecule has 0 spiro atoms. The summed E-state index contributed by atoms with van der Waals surface area (Å²) < 4.78 is 5.53. The Morgan fingerprint density at radius 1 is 1.44 bits per heavy atom. The van der Waals surface area contributed by atoms with E-state index in [1.54, 1.807) is 0 Å². The van der Waals surface area contributed by atoms with Gasteiger partial charge in [-0.2, -0.15) is 0 Å². The van der Waals surface area contributed by atoms with Crippen LogP contribution in [0.2, 0.25) is 0 Å². The van der Waals surface area contributed by atoms with Crippen LogP contribution in [0.1, 0.15) is 26.2 Å². The van der Waals surface area contributed by atoms with Crippen LogP contribution in [0.25, 0.3) is 0 Å². The van der Waals surface area contributed by atoms with E-state index in [1.807, 2.05) is 4.90 Å². The summed E-state index contributed by atoms with van der Waals surface area (Å²) in [5, 5.41) is 3.29. The molecule has 2 fully saturated rings. The lowest BCUT2D eigenvalue weighted by atomic mass is 10.1. The molecule has 16 heavy (non-hydrogen) atoms. The summed E-state index contributed by atoms with van der Waals surface area (Å²) in [5.74, 6) is 0.198. The van der Waals surface area contributed by atoms with Crippen LogP contribution < -0.4 is 5.32 Å². The number of ether oxygens (including phenoxy) is 1. The number of halogens is 1. The second-order valence-electron chi connectivity index (χ2n) is 4.44. The average Bonchev–Trinajstić information content (AvgIpc) is 2.30. The quantitative estimate of drug-likeness (QED) is 0.746. The van der Waals surface area contributed by atoms with Gasteiger partial charge in [0.15, 0.2) is 0 Å². The Bertz CT molecular complexity index is 232. The van der Waals surface area contributed by atoms with Gasteiger partial charge in [0.05, 0.1) is 0 Å². The molecule has 1 N–H and O–H groups in total. The maximum Gasteiger partial charge on any atom is 0.252 e. The minimum absolute atomic E-state index is 0. The topological polar surface area (TPSA) is 41.6 Å². The molecule has 0 aromatic heterocycles. The number of hydrogen-bond acceptors (Lipinski definition) is 3. The van der Waals surface area contributed by atoms with Gasteiger partial charge in [-0.15, -0.1) is 12.4 Å². The molecule has 0 saturated carbocycles. The molecule has 0 aromatic carbocycles. The largest absolute Gasteiger partial charge is 0.368 e. The summed E-state index contributed by atoms with van der Waals surface area (Å²) in [6, 6.07) is 0.303. The number of carbonyl (C=O) groups excluding carboxylic acids is 1. The third kappa shape index (κ3) is 3.09. The molecular formula is C11H21ClN2O2. The Hall–Kier alpha value is -0.320. The maximum atomic E-state index is 12.1. The minimum Gasteiger partial charge on any atom is -0.368 e. The second-order valence-corrected chi connectivity index (χ2v) is 4.44. The highest BCUT2D eigenvalue weighted by atomic mass is 35.5. The Morgan fingerprint density at radius 3 is 2.88 bits per heavy atom. The van der Waals surface area contributed by atoms with Gasteiger partial charge in [0, 0.05) is 32.3 Å². The number of hydrogen-bond donors (Lipinski definition) is 1. The molecule has 0 aliphatic carbocycles. The molecule has 0 bridgehead atoms. The van der Waals surface area contributed by atoms with E-state index >= 15 is 0 Å². The van der Waals surface area contributed by atoms with E-state index in [0.717, 1.165) is 45.5 Å². The third-order valence-corrected chi connectivity index (χ3v) is 3.24. The number of nitrogens with one attached hydrogen (secondary N) is 1. The van der Waals surface area contributed by atoms with Crippen LogP contribution in [-0.2, 0) is 9.53 Å². The SMILES string of the molecule is CC1CNCCN1C(=O)C1CCCCO1.Cl. The first-order chi connectivity index (χ1) is 7.29. The second kappa shape index (κ2) is 6.42. The summed E-state index contributed by atoms with van der Waals surface area (Å²) in [7, 11) is 0. The number of carbonyl (C=O) groups is 1. The van der Waals surface area contributed by atoms with Gasteiger partial charge in [0.25, 0.3) is 5.91 Å². The molecule has 0 aromatic rings. The molecule has 1 amide bonds. The highest BCUT2D eigenvalue weighted by molar-refractivity contribution is 5.85. The molecule has 2 rings (SSSR count). The zero-order valence-electron chi connectivity index (χ0n) is 9.78. The van der Waals surface area contributed by atoms with Crippen LogP contribution in [0.15, 0.2) is 0 Å². The average molecular weight is 249 g/mol. The van der Waals surface area contributed by atoms with Crippen molar-refractivity contribution >= 4 is 18.3 Å². The highest BCUT2D eigenvalue weighted by Gasteiger charge is 2.30. The Morgan fingerprint density at radius 2 is 2.25 bits per heavy atom. The molecule has 2 saturated heterocycles. The van der Waals surface area contributed by atoms with Crippen molar-refractivity contribution in [3.8, 4) is 0 Å². The summed E-state index contributed by atoms with van der Waals surface area (Å²) in [6.07, 6.45) is 2.95. The molecule has 5 heteroatoms. The van der Waals surface area contributed by atoms with Gasteiger partial charge in [-0.1, -0.05) is 0 Å². The molecule has 2 aliphatic rings. The zero-order valence-corrected chi connectivity index (χ0v) is 10.6. The van der Waals surface area contributed by atoms with E-state index < -0.39 is 0 Å². The number of rotatable bonds is 1. The van der Waals surface area contributed by atoms with Gasteiger partial charge in [-0.3, -0.25) is 4.79 Å². The normalized spacial score (nSPS) is 30.7. The Balaban J connectivity index is 0.00000128. The van der Waals surface area contributed by atoms with Gasteiger partial charge in [0.2, 0.25) is 0 Å². The molecule has 2 atom stereocenters. The van der Waals surface area contributed by atoms with Crippen molar-refractivity contribution in [3.63, 3.8) is 0 Å². The van der Waals surface area contributed by atoms with Crippen LogP contribution in [0, 0.1) is 0 Å². The Kier molecular flexibility index (Phi) is 5.52. The molecular weight excluding hydrogens is 228 g/mol. The van der Waals surface area contributed by atoms with Crippen LogP contribution in [0.5, 0.6) is 0 Å². The lowest BCUT2D eigenvalue weighted by Crippen LogP contribution is -2.55. The fourth-order valence-corrected chi connectivity index (χ4v) is 2.29. The molecule has 2 heterocycles. The molecule has 2 unspecified atom stereocenters. The van der Waals surface area contributed by atoms with E-state index in [2.05, 4.69) is 12.2 Å². The molecule has 0 radical (unpaired) electrons. The Labute approximate surface area is 103 Å². The summed E-state index contributed by atoms with van der Waals surface area (Å²) in [4.78, 5) is 14.1. The standard InChI is InChI=1S/C11H20N2O2.ClH/c1-9-8-12-5-6-13(9)11(14)10-4-2-3-7-15-10;/h9-10,12H,2-8H2,1H3;1H. The van der Waals surface area contributed by atoms with Gasteiger partial charge >= 0.3 is 0 Å². The predicted octanol–water partition coefficient (Wildman–Crippen LogP) is 0.798. The van der Waals surface area contributed by atoms with Crippen LogP contribution in [0.4, 0.5) is 0 Å². The van der Waals surface area contributed by atoms with Gasteiger partial charge in [0.1, 0.15) is 6.10 Å². The van der Waals surface area contributed by atoms with Crippen LogP contribution in [0.3, 0.4) is 0 Å². The molecule has 4 nitrogen and oxygen atoms in total. The van der Waals surface area contributed by atoms with E-state index in [4.69, 9.17) is 4.74 Å². The molecule has 94 valence electrons. The van der Waals surface area contributed by atoms with E-state index in [0.29, 0.717) is 6.04 Å². The van der Waals surface area contributed by atoms with Crippen LogP contribution in [-0.4, -0.2) is 49.2 Å². The van der Waals surface area contributed by atoms with Gasteiger partial charge in [-0.05, 0) is 26.2 Å². The number of piperazine rings is 1. The lowest BCUT2D eigenvalue weighted by molar-refractivity contribution is -0.149. The predicted molar refractivity (Wildman–Crippen MR) is 64.9 cm³/mol. The summed E-state index contributed by atoms with van der Waals surface area (Å²) in [6.45, 7) is 5.46. The monoisotopic (exact) mass is 248 g/mol. The lowest BCUT2D eigenvalue weighted by Gasteiger charge is -2.37. The smallest absolute Gasteiger partial charge is 0.252 e. The van der Waals surface area contributed by atoms with Crippen molar-refractivity contribution in [2.24, 2.45) is 0 Å². The molecule has 2 aliphatic heterocycles. The van der Waals surface area contributed by atoms with Crippen molar-refractivity contribution in [2.45, 2.75) is 38.3 Å². The van der Waals surface area contributed by atoms with Gasteiger partial charge in [-0.25, -0.2) is 0 Å².